The third-order valence-corrected chi connectivity index (χ3v) is 5.59. The zero-order valence-electron chi connectivity index (χ0n) is 27.8. The summed E-state index contributed by atoms with van der Waals surface area (Å²) in [6.07, 6.45) is 4.81. The van der Waals surface area contributed by atoms with Crippen LogP contribution in [0.25, 0.3) is 0 Å². The number of carbonyl (C=O) groups excluding carboxylic acids is 4. The predicted molar refractivity (Wildman–Crippen MR) is 189 cm³/mol. The predicted octanol–water partition coefficient (Wildman–Crippen LogP) is 9.32. The molecule has 0 spiro atoms. The van der Waals surface area contributed by atoms with Crippen LogP contribution >= 0.6 is 0 Å². The molecule has 4 rings (SSSR count). The van der Waals surface area contributed by atoms with Gasteiger partial charge in [0.05, 0.1) is 23.0 Å². The van der Waals surface area contributed by atoms with E-state index < -0.39 is 0 Å². The molecular weight excluding hydrogens is 700 g/mol. The zero-order valence-corrected chi connectivity index (χ0v) is 30.2. The van der Waals surface area contributed by atoms with E-state index in [1.165, 1.54) is 52.0 Å². The van der Waals surface area contributed by atoms with Crippen molar-refractivity contribution in [3.05, 3.63) is 191 Å². The maximum Gasteiger partial charge on any atom is 0.189 e. The van der Waals surface area contributed by atoms with Crippen molar-refractivity contribution < 1.29 is 65.8 Å². The third-order valence-electron chi connectivity index (χ3n) is 5.59. The number of carbonyl (C=O) groups is 4. The largest absolute Gasteiger partial charge is 0.512 e. The number of ketones is 4. The molecule has 49 heavy (non-hydrogen) atoms. The molecule has 0 aromatic heterocycles. The summed E-state index contributed by atoms with van der Waals surface area (Å²) in [5.74, 6) is -0.558. The van der Waals surface area contributed by atoms with Gasteiger partial charge < -0.3 is 20.4 Å². The maximum atomic E-state index is 11.2. The molecule has 0 aliphatic rings. The molecule has 252 valence electrons. The van der Waals surface area contributed by atoms with Crippen LogP contribution in [0.4, 0.5) is 0 Å². The molecule has 9 heteroatoms. The number of aliphatic hydroxyl groups excluding tert-OH is 4. The number of allylic oxidation sites excluding steroid dienone is 8. The zero-order chi connectivity index (χ0) is 35.9. The summed E-state index contributed by atoms with van der Waals surface area (Å²) in [4.78, 5) is 44.9. The first-order valence-corrected chi connectivity index (χ1v) is 14.7. The Morgan fingerprint density at radius 1 is 0.347 bits per heavy atom. The Morgan fingerprint density at radius 2 is 0.490 bits per heavy atom. The van der Waals surface area contributed by atoms with Gasteiger partial charge in [0.2, 0.25) is 0 Å². The van der Waals surface area contributed by atoms with Crippen LogP contribution in [-0.4, -0.2) is 43.6 Å². The molecular formula is C40H40O8Zr. The second-order valence-corrected chi connectivity index (χ2v) is 10.1. The van der Waals surface area contributed by atoms with Crippen molar-refractivity contribution in [3.63, 3.8) is 0 Å². The molecule has 0 atom stereocenters. The quantitative estimate of drug-likeness (QED) is 0.0794. The fourth-order valence-electron chi connectivity index (χ4n) is 3.50. The Morgan fingerprint density at radius 3 is 0.612 bits per heavy atom. The van der Waals surface area contributed by atoms with Gasteiger partial charge in [0.1, 0.15) is 0 Å². The summed E-state index contributed by atoms with van der Waals surface area (Å²) in [5.41, 5.74) is 2.36. The minimum Gasteiger partial charge on any atom is -0.512 e. The van der Waals surface area contributed by atoms with E-state index in [0.29, 0.717) is 22.3 Å². The Labute approximate surface area is 306 Å². The van der Waals surface area contributed by atoms with Gasteiger partial charge in [0.15, 0.2) is 23.1 Å². The topological polar surface area (TPSA) is 149 Å². The van der Waals surface area contributed by atoms with E-state index in [4.69, 9.17) is 20.4 Å². The summed E-state index contributed by atoms with van der Waals surface area (Å²) in [6, 6.07) is 35.3. The first kappa shape index (κ1) is 43.6. The van der Waals surface area contributed by atoms with Crippen LogP contribution in [0.2, 0.25) is 0 Å². The Balaban J connectivity index is 0.000000623. The van der Waals surface area contributed by atoms with E-state index in [9.17, 15) is 19.2 Å². The van der Waals surface area contributed by atoms with Gasteiger partial charge in [0, 0.05) is 72.8 Å². The van der Waals surface area contributed by atoms with Crippen molar-refractivity contribution in [2.24, 2.45) is 0 Å². The normalized spacial score (nSPS) is 11.0. The Hall–Kier alpha value is -5.40. The second kappa shape index (κ2) is 24.7. The molecule has 0 heterocycles. The van der Waals surface area contributed by atoms with Gasteiger partial charge in [-0.25, -0.2) is 0 Å². The van der Waals surface area contributed by atoms with E-state index in [1.807, 2.05) is 24.3 Å². The van der Waals surface area contributed by atoms with Crippen LogP contribution in [-0.2, 0) is 26.2 Å². The van der Waals surface area contributed by atoms with Gasteiger partial charge in [-0.15, -0.1) is 0 Å². The number of hydrogen-bond donors (Lipinski definition) is 4. The summed E-state index contributed by atoms with van der Waals surface area (Å²) >= 11 is 0. The number of benzene rings is 4. The molecule has 8 nitrogen and oxygen atoms in total. The Bertz CT molecular complexity index is 1450. The van der Waals surface area contributed by atoms with E-state index in [0.717, 1.165) is 0 Å². The van der Waals surface area contributed by atoms with E-state index >= 15 is 0 Å². The summed E-state index contributed by atoms with van der Waals surface area (Å²) in [5, 5.41) is 35.3. The fourth-order valence-corrected chi connectivity index (χ4v) is 3.50. The summed E-state index contributed by atoms with van der Waals surface area (Å²) in [6.45, 7) is 5.89. The molecule has 0 radical (unpaired) electrons. The molecule has 0 saturated heterocycles. The molecule has 0 aliphatic carbocycles. The van der Waals surface area contributed by atoms with Gasteiger partial charge in [-0.3, -0.25) is 19.2 Å². The van der Waals surface area contributed by atoms with Crippen molar-refractivity contribution in [2.75, 3.05) is 0 Å². The maximum absolute atomic E-state index is 11.2. The average Bonchev–Trinajstić information content (AvgIpc) is 3.06. The van der Waals surface area contributed by atoms with Crippen LogP contribution in [0.1, 0.15) is 69.1 Å². The van der Waals surface area contributed by atoms with Crippen molar-refractivity contribution in [1.82, 2.24) is 0 Å². The molecule has 0 aliphatic heterocycles. The van der Waals surface area contributed by atoms with Gasteiger partial charge in [-0.1, -0.05) is 121 Å². The standard InChI is InChI=1S/4C10H10O2.Zr/c4*1-8(11)7-10(12)9-5-3-2-4-6-9;/h4*2-7,11H,1H3;/b4*8-7-;. The molecule has 0 saturated carbocycles. The van der Waals surface area contributed by atoms with Crippen LogP contribution in [0.15, 0.2) is 169 Å². The minimum atomic E-state index is -0.171. The monoisotopic (exact) mass is 738 g/mol. The third kappa shape index (κ3) is 20.5. The molecule has 4 aromatic rings. The number of rotatable bonds is 8. The summed E-state index contributed by atoms with van der Waals surface area (Å²) < 4.78 is 0. The van der Waals surface area contributed by atoms with Crippen LogP contribution in [0.3, 0.4) is 0 Å². The van der Waals surface area contributed by atoms with Crippen molar-refractivity contribution in [3.8, 4) is 0 Å². The van der Waals surface area contributed by atoms with Gasteiger partial charge in [0.25, 0.3) is 0 Å². The van der Waals surface area contributed by atoms with E-state index in [1.54, 1.807) is 97.1 Å². The minimum absolute atomic E-state index is 0. The van der Waals surface area contributed by atoms with Crippen LogP contribution in [0, 0.1) is 0 Å². The van der Waals surface area contributed by atoms with Gasteiger partial charge >= 0.3 is 0 Å². The van der Waals surface area contributed by atoms with Crippen LogP contribution < -0.4 is 0 Å². The smallest absolute Gasteiger partial charge is 0.189 e. The molecule has 4 aromatic carbocycles. The first-order chi connectivity index (χ1) is 22.8. The molecule has 0 bridgehead atoms. The van der Waals surface area contributed by atoms with E-state index in [2.05, 4.69) is 0 Å². The Kier molecular flexibility index (Phi) is 22.0. The SMILES string of the molecule is C/C(O)=C/C(=O)c1ccccc1.C/C(O)=C/C(=O)c1ccccc1.C/C(O)=C/C(=O)c1ccccc1.C/C(O)=C/C(=O)c1ccccc1.[Zr]. The molecule has 0 amide bonds. The summed E-state index contributed by atoms with van der Waals surface area (Å²) in [7, 11) is 0. The van der Waals surface area contributed by atoms with Crippen molar-refractivity contribution >= 4 is 23.1 Å². The van der Waals surface area contributed by atoms with Gasteiger partial charge in [-0.2, -0.15) is 0 Å². The van der Waals surface area contributed by atoms with Gasteiger partial charge in [-0.05, 0) is 27.7 Å². The van der Waals surface area contributed by atoms with Crippen molar-refractivity contribution in [1.29, 1.82) is 0 Å². The molecule has 0 fully saturated rings. The van der Waals surface area contributed by atoms with Crippen molar-refractivity contribution in [2.45, 2.75) is 27.7 Å². The number of aliphatic hydroxyl groups is 4. The second-order valence-electron chi connectivity index (χ2n) is 10.1. The van der Waals surface area contributed by atoms with E-state index in [-0.39, 0.29) is 72.4 Å². The van der Waals surface area contributed by atoms with Crippen LogP contribution in [0.5, 0.6) is 0 Å². The first-order valence-electron chi connectivity index (χ1n) is 14.7. The molecule has 4 N–H and O–H groups in total. The fraction of sp³-hybridized carbons (Fsp3) is 0.100. The molecule has 0 unspecified atom stereocenters. The average molecular weight is 740 g/mol. The number of hydrogen-bond acceptors (Lipinski definition) is 8.